The van der Waals surface area contributed by atoms with Gasteiger partial charge in [-0.3, -0.25) is 14.7 Å². The molecule has 1 aromatic heterocycles. The van der Waals surface area contributed by atoms with Gasteiger partial charge in [0.05, 0.1) is 18.1 Å². The molecule has 9 nitrogen and oxygen atoms in total. The van der Waals surface area contributed by atoms with E-state index in [9.17, 15) is 18.3 Å². The van der Waals surface area contributed by atoms with Crippen molar-refractivity contribution in [1.29, 1.82) is 0 Å². The summed E-state index contributed by atoms with van der Waals surface area (Å²) in [7, 11) is -3.90. The van der Waals surface area contributed by atoms with E-state index in [0.717, 1.165) is 5.56 Å². The topological polar surface area (TPSA) is 118 Å². The van der Waals surface area contributed by atoms with Gasteiger partial charge in [-0.25, -0.2) is 13.1 Å². The SMILES string of the molecule is CC(NS(=O)(=O)c1ccc(OCc2ccncc2)cc1)C(C(=O)O)N1CCOCC1. The van der Waals surface area contributed by atoms with Crippen LogP contribution >= 0.6 is 0 Å². The average molecular weight is 436 g/mol. The van der Waals surface area contributed by atoms with Crippen molar-refractivity contribution in [2.75, 3.05) is 26.3 Å². The summed E-state index contributed by atoms with van der Waals surface area (Å²) in [6.45, 7) is 3.61. The molecule has 2 aromatic rings. The Morgan fingerprint density at radius 3 is 2.43 bits per heavy atom. The molecule has 30 heavy (non-hydrogen) atoms. The zero-order chi connectivity index (χ0) is 21.6. The highest BCUT2D eigenvalue weighted by Crippen LogP contribution is 2.18. The smallest absolute Gasteiger partial charge is 0.322 e. The summed E-state index contributed by atoms with van der Waals surface area (Å²) < 4.78 is 38.9. The number of nitrogens with zero attached hydrogens (tertiary/aromatic N) is 2. The van der Waals surface area contributed by atoms with E-state index in [-0.39, 0.29) is 4.90 Å². The number of ether oxygens (including phenoxy) is 2. The molecule has 1 saturated heterocycles. The molecule has 1 fully saturated rings. The van der Waals surface area contributed by atoms with Gasteiger partial charge in [0.15, 0.2) is 0 Å². The van der Waals surface area contributed by atoms with Crippen LogP contribution in [0.1, 0.15) is 12.5 Å². The van der Waals surface area contributed by atoms with Crippen molar-refractivity contribution in [2.45, 2.75) is 30.5 Å². The number of sulfonamides is 1. The van der Waals surface area contributed by atoms with Gasteiger partial charge in [0.25, 0.3) is 0 Å². The van der Waals surface area contributed by atoms with Crippen LogP contribution in [-0.4, -0.2) is 67.8 Å². The highest BCUT2D eigenvalue weighted by Gasteiger charge is 2.34. The van der Waals surface area contributed by atoms with Crippen LogP contribution < -0.4 is 9.46 Å². The second-order valence-electron chi connectivity index (χ2n) is 6.96. The van der Waals surface area contributed by atoms with Gasteiger partial charge >= 0.3 is 5.97 Å². The van der Waals surface area contributed by atoms with Gasteiger partial charge in [-0.05, 0) is 48.9 Å². The van der Waals surface area contributed by atoms with Crippen molar-refractivity contribution in [3.05, 3.63) is 54.4 Å². The number of morpholine rings is 1. The molecule has 0 radical (unpaired) electrons. The van der Waals surface area contributed by atoms with E-state index in [1.54, 1.807) is 36.4 Å². The number of carboxylic acid groups (broad SMARTS) is 1. The number of carbonyl (C=O) groups is 1. The quantitative estimate of drug-likeness (QED) is 0.602. The number of hydrogen-bond acceptors (Lipinski definition) is 7. The molecule has 1 aliphatic rings. The Morgan fingerprint density at radius 2 is 1.83 bits per heavy atom. The number of carboxylic acids is 1. The number of benzene rings is 1. The van der Waals surface area contributed by atoms with Gasteiger partial charge < -0.3 is 14.6 Å². The summed E-state index contributed by atoms with van der Waals surface area (Å²) in [5, 5.41) is 9.61. The summed E-state index contributed by atoms with van der Waals surface area (Å²) in [6, 6.07) is 7.85. The summed E-state index contributed by atoms with van der Waals surface area (Å²) in [4.78, 5) is 17.5. The summed E-state index contributed by atoms with van der Waals surface area (Å²) in [6.07, 6.45) is 3.34. The van der Waals surface area contributed by atoms with Crippen molar-refractivity contribution in [2.24, 2.45) is 0 Å². The van der Waals surface area contributed by atoms with E-state index >= 15 is 0 Å². The minimum atomic E-state index is -3.90. The van der Waals surface area contributed by atoms with Crippen molar-refractivity contribution in [3.8, 4) is 5.75 Å². The molecule has 1 aliphatic heterocycles. The van der Waals surface area contributed by atoms with Gasteiger partial charge in [0.2, 0.25) is 10.0 Å². The third-order valence-corrected chi connectivity index (χ3v) is 6.37. The summed E-state index contributed by atoms with van der Waals surface area (Å²) >= 11 is 0. The molecule has 2 atom stereocenters. The van der Waals surface area contributed by atoms with E-state index in [4.69, 9.17) is 9.47 Å². The molecule has 0 amide bonds. The first kappa shape index (κ1) is 22.2. The molecule has 0 bridgehead atoms. The minimum absolute atomic E-state index is 0.0386. The summed E-state index contributed by atoms with van der Waals surface area (Å²) in [5.41, 5.74) is 0.944. The lowest BCUT2D eigenvalue weighted by Gasteiger charge is -2.35. The standard InChI is InChI=1S/C20H25N3O6S/c1-15(19(20(24)25)23-10-12-28-13-11-23)22-30(26,27)18-4-2-17(3-5-18)29-14-16-6-8-21-9-7-16/h2-9,15,19,22H,10-14H2,1H3,(H,24,25). The maximum atomic E-state index is 12.7. The molecule has 10 heteroatoms. The van der Waals surface area contributed by atoms with Crippen LogP contribution in [0.4, 0.5) is 0 Å². The Labute approximate surface area is 175 Å². The Bertz CT molecular complexity index is 931. The second kappa shape index (κ2) is 9.98. The normalized spacial score (nSPS) is 17.2. The highest BCUT2D eigenvalue weighted by molar-refractivity contribution is 7.89. The van der Waals surface area contributed by atoms with E-state index in [1.807, 2.05) is 12.1 Å². The molecule has 2 heterocycles. The van der Waals surface area contributed by atoms with E-state index in [0.29, 0.717) is 38.7 Å². The lowest BCUT2D eigenvalue weighted by Crippen LogP contribution is -2.57. The number of pyridine rings is 1. The van der Waals surface area contributed by atoms with Crippen LogP contribution in [0.25, 0.3) is 0 Å². The van der Waals surface area contributed by atoms with Crippen molar-refractivity contribution < 1.29 is 27.8 Å². The number of aromatic nitrogens is 1. The van der Waals surface area contributed by atoms with Crippen LogP contribution in [0.3, 0.4) is 0 Å². The maximum Gasteiger partial charge on any atom is 0.322 e. The minimum Gasteiger partial charge on any atom is -0.489 e. The molecule has 2 unspecified atom stereocenters. The van der Waals surface area contributed by atoms with Gasteiger partial charge in [0, 0.05) is 31.5 Å². The zero-order valence-electron chi connectivity index (χ0n) is 16.6. The number of nitrogens with one attached hydrogen (secondary N) is 1. The fourth-order valence-electron chi connectivity index (χ4n) is 3.28. The third kappa shape index (κ3) is 5.76. The van der Waals surface area contributed by atoms with Crippen molar-refractivity contribution in [3.63, 3.8) is 0 Å². The van der Waals surface area contributed by atoms with E-state index in [2.05, 4.69) is 9.71 Å². The molecule has 162 valence electrons. The number of rotatable bonds is 9. The van der Waals surface area contributed by atoms with E-state index in [1.165, 1.54) is 12.1 Å². The lowest BCUT2D eigenvalue weighted by atomic mass is 10.1. The zero-order valence-corrected chi connectivity index (χ0v) is 17.4. The Morgan fingerprint density at radius 1 is 1.20 bits per heavy atom. The fourth-order valence-corrected chi connectivity index (χ4v) is 4.53. The van der Waals surface area contributed by atoms with Crippen molar-refractivity contribution >= 4 is 16.0 Å². The van der Waals surface area contributed by atoms with Crippen molar-refractivity contribution in [1.82, 2.24) is 14.6 Å². The molecular formula is C20H25N3O6S. The number of hydrogen-bond donors (Lipinski definition) is 2. The van der Waals surface area contributed by atoms with Gasteiger partial charge in [-0.2, -0.15) is 0 Å². The number of aliphatic carboxylic acids is 1. The predicted octanol–water partition coefficient (Wildman–Crippen LogP) is 1.11. The van der Waals surface area contributed by atoms with Gasteiger partial charge in [0.1, 0.15) is 18.4 Å². The van der Waals surface area contributed by atoms with Gasteiger partial charge in [-0.15, -0.1) is 0 Å². The first-order valence-corrected chi connectivity index (χ1v) is 11.0. The Hall–Kier alpha value is -2.53. The molecule has 2 N–H and O–H groups in total. The third-order valence-electron chi connectivity index (χ3n) is 4.80. The molecule has 0 spiro atoms. The largest absolute Gasteiger partial charge is 0.489 e. The molecule has 0 saturated carbocycles. The molecular weight excluding hydrogens is 410 g/mol. The first-order chi connectivity index (χ1) is 14.4. The predicted molar refractivity (Wildman–Crippen MR) is 109 cm³/mol. The second-order valence-corrected chi connectivity index (χ2v) is 8.67. The Kier molecular flexibility index (Phi) is 7.38. The van der Waals surface area contributed by atoms with Crippen LogP contribution in [0.2, 0.25) is 0 Å². The highest BCUT2D eigenvalue weighted by atomic mass is 32.2. The van der Waals surface area contributed by atoms with Crippen LogP contribution in [0.5, 0.6) is 5.75 Å². The Balaban J connectivity index is 1.64. The maximum absolute atomic E-state index is 12.7. The molecule has 3 rings (SSSR count). The monoisotopic (exact) mass is 435 g/mol. The average Bonchev–Trinajstić information content (AvgIpc) is 2.73. The summed E-state index contributed by atoms with van der Waals surface area (Å²) in [5.74, 6) is -0.553. The molecule has 1 aromatic carbocycles. The first-order valence-electron chi connectivity index (χ1n) is 9.55. The molecule has 0 aliphatic carbocycles. The lowest BCUT2D eigenvalue weighted by molar-refractivity contribution is -0.146. The van der Waals surface area contributed by atoms with Gasteiger partial charge in [-0.1, -0.05) is 0 Å². The van der Waals surface area contributed by atoms with Crippen LogP contribution in [0.15, 0.2) is 53.7 Å². The van der Waals surface area contributed by atoms with Crippen LogP contribution in [0, 0.1) is 0 Å². The fraction of sp³-hybridized carbons (Fsp3) is 0.400. The van der Waals surface area contributed by atoms with E-state index < -0.39 is 28.1 Å². The van der Waals surface area contributed by atoms with Crippen LogP contribution in [-0.2, 0) is 26.2 Å².